The molecule has 0 unspecified atom stereocenters. The predicted octanol–water partition coefficient (Wildman–Crippen LogP) is -0.190. The third-order valence-corrected chi connectivity index (χ3v) is 3.53. The second kappa shape index (κ2) is 5.78. The number of benzene rings is 1. The summed E-state index contributed by atoms with van der Waals surface area (Å²) in [4.78, 5) is 11.5. The van der Waals surface area contributed by atoms with Gasteiger partial charge in [-0.05, 0) is 25.2 Å². The Labute approximate surface area is 104 Å². The first-order valence-corrected chi connectivity index (χ1v) is 6.69. The maximum atomic E-state index is 12.9. The van der Waals surface area contributed by atoms with Gasteiger partial charge in [0.25, 0.3) is 5.91 Å². The standard InChI is InChI=1S/C10H13FN2O4S/c1-12-18(16,17)5-4-13-10(15)8-6-7(11)2-3-9(8)14/h2-3,6,12,14H,4-5H2,1H3,(H,13,15). The van der Waals surface area contributed by atoms with Gasteiger partial charge in [0.05, 0.1) is 11.3 Å². The molecule has 1 aromatic carbocycles. The molecule has 0 aliphatic carbocycles. The first-order valence-electron chi connectivity index (χ1n) is 5.03. The molecule has 8 heteroatoms. The zero-order chi connectivity index (χ0) is 13.8. The second-order valence-electron chi connectivity index (χ2n) is 3.44. The molecular weight excluding hydrogens is 263 g/mol. The monoisotopic (exact) mass is 276 g/mol. The van der Waals surface area contributed by atoms with Gasteiger partial charge in [-0.25, -0.2) is 17.5 Å². The third-order valence-electron chi connectivity index (χ3n) is 2.17. The fourth-order valence-electron chi connectivity index (χ4n) is 1.19. The molecule has 0 aliphatic rings. The number of amides is 1. The first-order chi connectivity index (χ1) is 8.35. The molecule has 0 saturated carbocycles. The molecule has 1 aromatic rings. The smallest absolute Gasteiger partial charge is 0.255 e. The first kappa shape index (κ1) is 14.4. The number of phenols is 1. The van der Waals surface area contributed by atoms with E-state index in [1.54, 1.807) is 0 Å². The molecule has 0 radical (unpaired) electrons. The lowest BCUT2D eigenvalue weighted by molar-refractivity contribution is 0.0953. The number of nitrogens with one attached hydrogen (secondary N) is 2. The minimum atomic E-state index is -3.42. The average Bonchev–Trinajstić information content (AvgIpc) is 2.32. The van der Waals surface area contributed by atoms with E-state index in [2.05, 4.69) is 10.0 Å². The zero-order valence-electron chi connectivity index (χ0n) is 9.60. The van der Waals surface area contributed by atoms with Crippen molar-refractivity contribution in [3.63, 3.8) is 0 Å². The van der Waals surface area contributed by atoms with Crippen molar-refractivity contribution < 1.29 is 22.7 Å². The summed E-state index contributed by atoms with van der Waals surface area (Å²) in [5.74, 6) is -2.07. The minimum absolute atomic E-state index is 0.141. The van der Waals surface area contributed by atoms with Gasteiger partial charge in [0.2, 0.25) is 10.0 Å². The average molecular weight is 276 g/mol. The Morgan fingerprint density at radius 2 is 2.11 bits per heavy atom. The summed E-state index contributed by atoms with van der Waals surface area (Å²) in [5, 5.41) is 11.6. The van der Waals surface area contributed by atoms with Crippen molar-refractivity contribution in [1.82, 2.24) is 10.0 Å². The highest BCUT2D eigenvalue weighted by Crippen LogP contribution is 2.17. The van der Waals surface area contributed by atoms with Crippen LogP contribution in [-0.2, 0) is 10.0 Å². The zero-order valence-corrected chi connectivity index (χ0v) is 10.4. The SMILES string of the molecule is CNS(=O)(=O)CCNC(=O)c1cc(F)ccc1O. The van der Waals surface area contributed by atoms with Crippen LogP contribution in [0.2, 0.25) is 0 Å². The number of rotatable bonds is 5. The molecule has 1 rings (SSSR count). The Hall–Kier alpha value is -1.67. The highest BCUT2D eigenvalue weighted by molar-refractivity contribution is 7.89. The number of phenolic OH excluding ortho intramolecular Hbond substituents is 1. The molecule has 0 aromatic heterocycles. The number of sulfonamides is 1. The van der Waals surface area contributed by atoms with Crippen LogP contribution in [0.4, 0.5) is 4.39 Å². The molecule has 1 amide bonds. The second-order valence-corrected chi connectivity index (χ2v) is 5.49. The molecule has 0 spiro atoms. The summed E-state index contributed by atoms with van der Waals surface area (Å²) >= 11 is 0. The summed E-state index contributed by atoms with van der Waals surface area (Å²) < 4.78 is 37.1. The summed E-state index contributed by atoms with van der Waals surface area (Å²) in [7, 11) is -2.16. The molecule has 0 bridgehead atoms. The Morgan fingerprint density at radius 3 is 2.72 bits per heavy atom. The van der Waals surface area contributed by atoms with E-state index in [0.717, 1.165) is 18.2 Å². The summed E-state index contributed by atoms with van der Waals surface area (Å²) in [6.07, 6.45) is 0. The van der Waals surface area contributed by atoms with E-state index in [1.165, 1.54) is 7.05 Å². The number of hydrogen-bond acceptors (Lipinski definition) is 4. The highest BCUT2D eigenvalue weighted by Gasteiger charge is 2.13. The molecule has 6 nitrogen and oxygen atoms in total. The lowest BCUT2D eigenvalue weighted by Gasteiger charge is -2.07. The van der Waals surface area contributed by atoms with E-state index >= 15 is 0 Å². The summed E-state index contributed by atoms with van der Waals surface area (Å²) in [6.45, 7) is -0.141. The lowest BCUT2D eigenvalue weighted by Crippen LogP contribution is -2.33. The van der Waals surface area contributed by atoms with Gasteiger partial charge in [-0.15, -0.1) is 0 Å². The number of hydrogen-bond donors (Lipinski definition) is 3. The molecule has 100 valence electrons. The largest absolute Gasteiger partial charge is 0.507 e. The Morgan fingerprint density at radius 1 is 1.44 bits per heavy atom. The predicted molar refractivity (Wildman–Crippen MR) is 63.2 cm³/mol. The van der Waals surface area contributed by atoms with Crippen molar-refractivity contribution in [1.29, 1.82) is 0 Å². The summed E-state index contributed by atoms with van der Waals surface area (Å²) in [5.41, 5.74) is -0.239. The fourth-order valence-corrected chi connectivity index (χ4v) is 1.76. The van der Waals surface area contributed by atoms with Gasteiger partial charge >= 0.3 is 0 Å². The highest BCUT2D eigenvalue weighted by atomic mass is 32.2. The van der Waals surface area contributed by atoms with Crippen molar-refractivity contribution >= 4 is 15.9 Å². The van der Waals surface area contributed by atoms with Gasteiger partial charge in [0, 0.05) is 6.54 Å². The van der Waals surface area contributed by atoms with Gasteiger partial charge in [0.15, 0.2) is 0 Å². The van der Waals surface area contributed by atoms with Gasteiger partial charge in [0.1, 0.15) is 11.6 Å². The van der Waals surface area contributed by atoms with Gasteiger partial charge in [-0.2, -0.15) is 0 Å². The van der Waals surface area contributed by atoms with Crippen LogP contribution >= 0.6 is 0 Å². The normalized spacial score (nSPS) is 11.2. The van der Waals surface area contributed by atoms with Crippen molar-refractivity contribution in [2.24, 2.45) is 0 Å². The van der Waals surface area contributed by atoms with Crippen LogP contribution in [0.15, 0.2) is 18.2 Å². The number of carbonyl (C=O) groups excluding carboxylic acids is 1. The Kier molecular flexibility index (Phi) is 4.62. The molecule has 0 aliphatic heterocycles. The third kappa shape index (κ3) is 3.97. The number of aromatic hydroxyl groups is 1. The van der Waals surface area contributed by atoms with Crippen LogP contribution in [0, 0.1) is 5.82 Å². The van der Waals surface area contributed by atoms with Crippen LogP contribution in [0.5, 0.6) is 5.75 Å². The van der Waals surface area contributed by atoms with Gasteiger partial charge < -0.3 is 10.4 Å². The maximum Gasteiger partial charge on any atom is 0.255 e. The topological polar surface area (TPSA) is 95.5 Å². The molecule has 0 atom stereocenters. The Bertz CT molecular complexity index is 545. The Balaban J connectivity index is 2.64. The van der Waals surface area contributed by atoms with Crippen molar-refractivity contribution in [2.75, 3.05) is 19.3 Å². The van der Waals surface area contributed by atoms with Gasteiger partial charge in [-0.1, -0.05) is 0 Å². The van der Waals surface area contributed by atoms with E-state index in [9.17, 15) is 22.7 Å². The van der Waals surface area contributed by atoms with Crippen LogP contribution in [0.3, 0.4) is 0 Å². The molecule has 0 saturated heterocycles. The molecular formula is C10H13FN2O4S. The fraction of sp³-hybridized carbons (Fsp3) is 0.300. The quantitative estimate of drug-likeness (QED) is 0.694. The van der Waals surface area contributed by atoms with E-state index < -0.39 is 21.7 Å². The maximum absolute atomic E-state index is 12.9. The number of halogens is 1. The van der Waals surface area contributed by atoms with Crippen LogP contribution in [0.25, 0.3) is 0 Å². The minimum Gasteiger partial charge on any atom is -0.507 e. The van der Waals surface area contributed by atoms with Crippen molar-refractivity contribution in [3.8, 4) is 5.75 Å². The molecule has 0 fully saturated rings. The van der Waals surface area contributed by atoms with Crippen LogP contribution < -0.4 is 10.0 Å². The van der Waals surface area contributed by atoms with Gasteiger partial charge in [-0.3, -0.25) is 4.79 Å². The van der Waals surface area contributed by atoms with E-state index in [1.807, 2.05) is 0 Å². The van der Waals surface area contributed by atoms with Crippen molar-refractivity contribution in [2.45, 2.75) is 0 Å². The van der Waals surface area contributed by atoms with Crippen molar-refractivity contribution in [3.05, 3.63) is 29.6 Å². The molecule has 0 heterocycles. The van der Waals surface area contributed by atoms with Crippen LogP contribution in [-0.4, -0.2) is 38.8 Å². The molecule has 3 N–H and O–H groups in total. The lowest BCUT2D eigenvalue weighted by atomic mass is 10.2. The van der Waals surface area contributed by atoms with E-state index in [0.29, 0.717) is 0 Å². The van der Waals surface area contributed by atoms with Crippen LogP contribution in [0.1, 0.15) is 10.4 Å². The number of carbonyl (C=O) groups is 1. The summed E-state index contributed by atoms with van der Waals surface area (Å²) in [6, 6.07) is 2.93. The molecule has 18 heavy (non-hydrogen) atoms. The van der Waals surface area contributed by atoms with E-state index in [-0.39, 0.29) is 23.6 Å². The van der Waals surface area contributed by atoms with E-state index in [4.69, 9.17) is 0 Å².